The van der Waals surface area contributed by atoms with E-state index in [0.29, 0.717) is 5.56 Å². The third kappa shape index (κ3) is 2.35. The van der Waals surface area contributed by atoms with Crippen LogP contribution in [0.15, 0.2) is 41.1 Å². The third-order valence-corrected chi connectivity index (χ3v) is 3.29. The fourth-order valence-corrected chi connectivity index (χ4v) is 2.08. The molecular weight excluding hydrogens is 290 g/mol. The Balaban J connectivity index is 2.48. The van der Waals surface area contributed by atoms with Crippen LogP contribution in [-0.2, 0) is 0 Å². The van der Waals surface area contributed by atoms with Crippen LogP contribution in [0.4, 0.5) is 8.78 Å². The molecule has 88 valence electrons. The molecule has 0 aliphatic carbocycles. The molecular formula is C12H9BrF2N2. The number of halogens is 3. The van der Waals surface area contributed by atoms with Crippen LogP contribution >= 0.6 is 15.9 Å². The number of nitrogens with zero attached hydrogens (tertiary/aromatic N) is 1. The zero-order chi connectivity index (χ0) is 12.4. The first-order valence-electron chi connectivity index (χ1n) is 4.90. The summed E-state index contributed by atoms with van der Waals surface area (Å²) in [5, 5.41) is 0. The van der Waals surface area contributed by atoms with Crippen LogP contribution in [-0.4, -0.2) is 4.98 Å². The molecule has 0 spiro atoms. The highest BCUT2D eigenvalue weighted by Gasteiger charge is 2.17. The predicted molar refractivity (Wildman–Crippen MR) is 64.3 cm³/mol. The number of nitrogens with two attached hydrogens (primary N) is 1. The third-order valence-electron chi connectivity index (χ3n) is 2.46. The van der Waals surface area contributed by atoms with Gasteiger partial charge in [-0.3, -0.25) is 4.98 Å². The quantitative estimate of drug-likeness (QED) is 0.925. The van der Waals surface area contributed by atoms with Crippen molar-refractivity contribution in [3.63, 3.8) is 0 Å². The van der Waals surface area contributed by atoms with Crippen LogP contribution in [0, 0.1) is 11.6 Å². The fourth-order valence-electron chi connectivity index (χ4n) is 1.57. The first-order chi connectivity index (χ1) is 8.11. The Morgan fingerprint density at radius 1 is 1.12 bits per heavy atom. The highest BCUT2D eigenvalue weighted by Crippen LogP contribution is 2.29. The lowest BCUT2D eigenvalue weighted by Crippen LogP contribution is -2.14. The molecule has 2 nitrogen and oxygen atoms in total. The van der Waals surface area contributed by atoms with Crippen molar-refractivity contribution in [3.05, 3.63) is 63.9 Å². The van der Waals surface area contributed by atoms with Crippen LogP contribution < -0.4 is 5.73 Å². The van der Waals surface area contributed by atoms with Gasteiger partial charge in [0.15, 0.2) is 0 Å². The number of rotatable bonds is 2. The highest BCUT2D eigenvalue weighted by atomic mass is 79.9. The van der Waals surface area contributed by atoms with Crippen molar-refractivity contribution >= 4 is 15.9 Å². The summed E-state index contributed by atoms with van der Waals surface area (Å²) in [6.45, 7) is 0. The van der Waals surface area contributed by atoms with E-state index in [2.05, 4.69) is 20.9 Å². The van der Waals surface area contributed by atoms with Gasteiger partial charge < -0.3 is 5.73 Å². The topological polar surface area (TPSA) is 38.9 Å². The number of pyridine rings is 1. The zero-order valence-corrected chi connectivity index (χ0v) is 10.3. The van der Waals surface area contributed by atoms with Crippen molar-refractivity contribution in [2.75, 3.05) is 0 Å². The zero-order valence-electron chi connectivity index (χ0n) is 8.70. The van der Waals surface area contributed by atoms with Crippen LogP contribution in [0.2, 0.25) is 0 Å². The predicted octanol–water partition coefficient (Wildman–Crippen LogP) is 3.17. The maximum absolute atomic E-state index is 13.5. The summed E-state index contributed by atoms with van der Waals surface area (Å²) in [6, 6.07) is 5.25. The van der Waals surface area contributed by atoms with Crippen molar-refractivity contribution in [1.29, 1.82) is 0 Å². The molecule has 2 rings (SSSR count). The smallest absolute Gasteiger partial charge is 0.146 e. The van der Waals surface area contributed by atoms with E-state index in [0.717, 1.165) is 6.20 Å². The van der Waals surface area contributed by atoms with Crippen molar-refractivity contribution < 1.29 is 8.78 Å². The van der Waals surface area contributed by atoms with Crippen molar-refractivity contribution in [2.24, 2.45) is 5.73 Å². The number of aromatic nitrogens is 1. The molecule has 0 amide bonds. The van der Waals surface area contributed by atoms with E-state index in [4.69, 9.17) is 5.73 Å². The Hall–Kier alpha value is -1.33. The number of hydrogen-bond donors (Lipinski definition) is 1. The van der Waals surface area contributed by atoms with Crippen molar-refractivity contribution in [1.82, 2.24) is 4.98 Å². The summed E-state index contributed by atoms with van der Waals surface area (Å²) in [5.74, 6) is -0.927. The van der Waals surface area contributed by atoms with E-state index < -0.39 is 17.7 Å². The Morgan fingerprint density at radius 2 is 1.88 bits per heavy atom. The van der Waals surface area contributed by atoms with Gasteiger partial charge in [-0.1, -0.05) is 12.1 Å². The van der Waals surface area contributed by atoms with Crippen molar-refractivity contribution in [3.8, 4) is 0 Å². The second-order valence-corrected chi connectivity index (χ2v) is 4.31. The van der Waals surface area contributed by atoms with E-state index in [1.807, 2.05) is 0 Å². The lowest BCUT2D eigenvalue weighted by atomic mass is 10.0. The second-order valence-electron chi connectivity index (χ2n) is 3.52. The maximum atomic E-state index is 13.5. The summed E-state index contributed by atoms with van der Waals surface area (Å²) in [6.07, 6.45) is 2.54. The molecule has 0 saturated carbocycles. The van der Waals surface area contributed by atoms with Gasteiger partial charge in [-0.2, -0.15) is 0 Å². The Morgan fingerprint density at radius 3 is 2.59 bits per heavy atom. The normalized spacial score (nSPS) is 12.5. The monoisotopic (exact) mass is 298 g/mol. The summed E-state index contributed by atoms with van der Waals surface area (Å²) in [5.41, 5.74) is 6.70. The minimum atomic E-state index is -0.733. The van der Waals surface area contributed by atoms with Gasteiger partial charge >= 0.3 is 0 Å². The molecule has 1 aromatic heterocycles. The molecule has 5 heteroatoms. The van der Waals surface area contributed by atoms with Gasteiger partial charge in [-0.05, 0) is 33.6 Å². The highest BCUT2D eigenvalue weighted by molar-refractivity contribution is 9.10. The summed E-state index contributed by atoms with van der Waals surface area (Å²) >= 11 is 3.11. The Kier molecular flexibility index (Phi) is 3.49. The van der Waals surface area contributed by atoms with Gasteiger partial charge in [-0.25, -0.2) is 8.78 Å². The maximum Gasteiger partial charge on any atom is 0.146 e. The van der Waals surface area contributed by atoms with Crippen LogP contribution in [0.5, 0.6) is 0 Å². The lowest BCUT2D eigenvalue weighted by molar-refractivity contribution is 0.588. The SMILES string of the molecule is NC(c1ccncc1F)c1cccc(F)c1Br. The van der Waals surface area contributed by atoms with E-state index in [9.17, 15) is 8.78 Å². The van der Waals surface area contributed by atoms with Gasteiger partial charge in [0, 0.05) is 11.8 Å². The standard InChI is InChI=1S/C12H9BrF2N2/c13-11-8(2-1-3-9(11)14)12(16)7-4-5-17-6-10(7)15/h1-6,12H,16H2. The minimum absolute atomic E-state index is 0.253. The molecule has 1 unspecified atom stereocenters. The molecule has 0 fully saturated rings. The summed E-state index contributed by atoms with van der Waals surface area (Å²) < 4.78 is 27.1. The summed E-state index contributed by atoms with van der Waals surface area (Å²) in [7, 11) is 0. The molecule has 0 aliphatic rings. The molecule has 2 N–H and O–H groups in total. The van der Waals surface area contributed by atoms with Crippen molar-refractivity contribution in [2.45, 2.75) is 6.04 Å². The Labute approximate surface area is 106 Å². The van der Waals surface area contributed by atoms with E-state index in [-0.39, 0.29) is 10.0 Å². The molecule has 1 heterocycles. The average Bonchev–Trinajstić information content (AvgIpc) is 2.32. The molecule has 0 aliphatic heterocycles. The van der Waals surface area contributed by atoms with Gasteiger partial charge in [-0.15, -0.1) is 0 Å². The van der Waals surface area contributed by atoms with E-state index >= 15 is 0 Å². The largest absolute Gasteiger partial charge is 0.320 e. The van der Waals surface area contributed by atoms with E-state index in [1.54, 1.807) is 6.07 Å². The van der Waals surface area contributed by atoms with Gasteiger partial charge in [0.2, 0.25) is 0 Å². The molecule has 0 saturated heterocycles. The van der Waals surface area contributed by atoms with Gasteiger partial charge in [0.25, 0.3) is 0 Å². The van der Waals surface area contributed by atoms with Crippen LogP contribution in [0.1, 0.15) is 17.2 Å². The molecule has 17 heavy (non-hydrogen) atoms. The van der Waals surface area contributed by atoms with Gasteiger partial charge in [0.05, 0.1) is 16.7 Å². The molecule has 1 atom stereocenters. The Bertz CT molecular complexity index is 546. The first kappa shape index (κ1) is 12.1. The van der Waals surface area contributed by atoms with Gasteiger partial charge in [0.1, 0.15) is 11.6 Å². The fraction of sp³-hybridized carbons (Fsp3) is 0.0833. The minimum Gasteiger partial charge on any atom is -0.320 e. The summed E-state index contributed by atoms with van der Waals surface area (Å²) in [4.78, 5) is 3.64. The number of hydrogen-bond acceptors (Lipinski definition) is 2. The lowest BCUT2D eigenvalue weighted by Gasteiger charge is -2.15. The van der Waals surface area contributed by atoms with Crippen LogP contribution in [0.3, 0.4) is 0 Å². The second kappa shape index (κ2) is 4.89. The first-order valence-corrected chi connectivity index (χ1v) is 5.69. The molecule has 2 aromatic rings. The molecule has 0 bridgehead atoms. The molecule has 1 aromatic carbocycles. The number of benzene rings is 1. The molecule has 0 radical (unpaired) electrons. The average molecular weight is 299 g/mol. The van der Waals surface area contributed by atoms with E-state index in [1.165, 1.54) is 24.4 Å². The van der Waals surface area contributed by atoms with Crippen LogP contribution in [0.25, 0.3) is 0 Å².